The molecular formula is C14H22N2O3S2. The van der Waals surface area contributed by atoms with Crippen molar-refractivity contribution in [1.29, 1.82) is 0 Å². The summed E-state index contributed by atoms with van der Waals surface area (Å²) in [6.07, 6.45) is 5.14. The minimum Gasteiger partial charge on any atom is -0.391 e. The molecule has 1 aromatic rings. The Morgan fingerprint density at radius 1 is 1.14 bits per heavy atom. The molecule has 0 unspecified atom stereocenters. The van der Waals surface area contributed by atoms with Crippen LogP contribution in [-0.4, -0.2) is 55.0 Å². The van der Waals surface area contributed by atoms with Gasteiger partial charge in [-0.05, 0) is 25.0 Å². The average molecular weight is 330 g/mol. The van der Waals surface area contributed by atoms with Crippen LogP contribution in [0.4, 0.5) is 0 Å². The highest BCUT2D eigenvalue weighted by Crippen LogP contribution is 2.28. The molecule has 0 atom stereocenters. The van der Waals surface area contributed by atoms with Crippen LogP contribution in [0.25, 0.3) is 0 Å². The van der Waals surface area contributed by atoms with Crippen molar-refractivity contribution in [2.75, 3.05) is 26.2 Å². The van der Waals surface area contributed by atoms with E-state index in [1.807, 2.05) is 0 Å². The summed E-state index contributed by atoms with van der Waals surface area (Å²) in [4.78, 5) is 3.14. The third-order valence-corrected chi connectivity index (χ3v) is 7.94. The summed E-state index contributed by atoms with van der Waals surface area (Å²) in [5.41, 5.74) is 0. The van der Waals surface area contributed by atoms with Crippen LogP contribution >= 0.6 is 11.3 Å². The van der Waals surface area contributed by atoms with Crippen LogP contribution in [-0.2, 0) is 16.6 Å². The number of sulfonamides is 1. The smallest absolute Gasteiger partial charge is 0.252 e. The largest absolute Gasteiger partial charge is 0.391 e. The first-order chi connectivity index (χ1) is 10.1. The molecule has 1 N–H and O–H groups in total. The zero-order chi connectivity index (χ0) is 14.9. The molecule has 0 aromatic carbocycles. The summed E-state index contributed by atoms with van der Waals surface area (Å²) >= 11 is 1.17. The van der Waals surface area contributed by atoms with Crippen LogP contribution in [0.1, 0.15) is 30.6 Å². The van der Waals surface area contributed by atoms with Gasteiger partial charge >= 0.3 is 0 Å². The number of hydrogen-bond acceptors (Lipinski definition) is 5. The van der Waals surface area contributed by atoms with E-state index >= 15 is 0 Å². The molecule has 0 radical (unpaired) electrons. The van der Waals surface area contributed by atoms with E-state index in [9.17, 15) is 8.42 Å². The van der Waals surface area contributed by atoms with E-state index in [1.54, 1.807) is 16.4 Å². The van der Waals surface area contributed by atoms with E-state index in [-0.39, 0.29) is 6.61 Å². The van der Waals surface area contributed by atoms with Gasteiger partial charge in [0, 0.05) is 37.1 Å². The number of hydrogen-bond donors (Lipinski definition) is 1. The van der Waals surface area contributed by atoms with E-state index in [1.165, 1.54) is 37.0 Å². The molecule has 0 spiro atoms. The summed E-state index contributed by atoms with van der Waals surface area (Å²) in [6, 6.07) is 3.96. The number of aliphatic hydroxyl groups excluding tert-OH is 1. The molecule has 5 nitrogen and oxygen atoms in total. The van der Waals surface area contributed by atoms with Gasteiger partial charge in [-0.3, -0.25) is 4.90 Å². The maximum Gasteiger partial charge on any atom is 0.252 e. The lowest BCUT2D eigenvalue weighted by Gasteiger charge is -2.37. The van der Waals surface area contributed by atoms with Gasteiger partial charge in [-0.1, -0.05) is 12.8 Å². The normalized spacial score (nSPS) is 22.9. The van der Waals surface area contributed by atoms with Crippen LogP contribution in [0.3, 0.4) is 0 Å². The molecule has 2 fully saturated rings. The average Bonchev–Trinajstić information content (AvgIpc) is 3.19. The molecule has 1 saturated carbocycles. The molecule has 2 heterocycles. The van der Waals surface area contributed by atoms with Crippen LogP contribution in [0.15, 0.2) is 16.3 Å². The fourth-order valence-corrected chi connectivity index (χ4v) is 6.08. The van der Waals surface area contributed by atoms with Crippen molar-refractivity contribution < 1.29 is 13.5 Å². The Morgan fingerprint density at radius 3 is 2.38 bits per heavy atom. The van der Waals surface area contributed by atoms with Gasteiger partial charge in [0.15, 0.2) is 0 Å². The zero-order valence-corrected chi connectivity index (χ0v) is 13.7. The Labute approximate surface area is 130 Å². The molecule has 1 aliphatic carbocycles. The molecule has 0 bridgehead atoms. The lowest BCUT2D eigenvalue weighted by atomic mass is 10.2. The fourth-order valence-electron chi connectivity index (χ4n) is 3.29. The third kappa shape index (κ3) is 3.17. The van der Waals surface area contributed by atoms with Crippen molar-refractivity contribution in [2.24, 2.45) is 0 Å². The van der Waals surface area contributed by atoms with Gasteiger partial charge in [0.25, 0.3) is 10.0 Å². The number of thiophene rings is 1. The Kier molecular flexibility index (Phi) is 4.66. The Hall–Kier alpha value is -0.470. The lowest BCUT2D eigenvalue weighted by molar-refractivity contribution is 0.139. The van der Waals surface area contributed by atoms with E-state index in [4.69, 9.17) is 5.11 Å². The molecule has 7 heteroatoms. The highest BCUT2D eigenvalue weighted by Gasteiger charge is 2.32. The monoisotopic (exact) mass is 330 g/mol. The van der Waals surface area contributed by atoms with Gasteiger partial charge in [-0.15, -0.1) is 11.3 Å². The summed E-state index contributed by atoms with van der Waals surface area (Å²) in [6.45, 7) is 2.72. The van der Waals surface area contributed by atoms with Crippen LogP contribution in [0.2, 0.25) is 0 Å². The highest BCUT2D eigenvalue weighted by molar-refractivity contribution is 7.91. The first kappa shape index (κ1) is 15.4. The van der Waals surface area contributed by atoms with Gasteiger partial charge in [0.2, 0.25) is 0 Å². The Bertz CT molecular complexity index is 571. The van der Waals surface area contributed by atoms with E-state index in [2.05, 4.69) is 4.90 Å². The zero-order valence-electron chi connectivity index (χ0n) is 12.1. The second-order valence-electron chi connectivity index (χ2n) is 5.76. The number of piperazine rings is 1. The van der Waals surface area contributed by atoms with Gasteiger partial charge in [-0.25, -0.2) is 8.42 Å². The highest BCUT2D eigenvalue weighted by atomic mass is 32.2. The maximum absolute atomic E-state index is 12.6. The summed E-state index contributed by atoms with van der Waals surface area (Å²) in [5, 5.41) is 9.08. The summed E-state index contributed by atoms with van der Waals surface area (Å²) in [7, 11) is -3.38. The van der Waals surface area contributed by atoms with Gasteiger partial charge in [0.1, 0.15) is 4.21 Å². The molecule has 1 aromatic heterocycles. The number of aliphatic hydroxyl groups is 1. The van der Waals surface area contributed by atoms with Gasteiger partial charge in [0.05, 0.1) is 6.61 Å². The second kappa shape index (κ2) is 6.34. The van der Waals surface area contributed by atoms with Crippen LogP contribution in [0.5, 0.6) is 0 Å². The molecule has 1 saturated heterocycles. The first-order valence-electron chi connectivity index (χ1n) is 7.55. The van der Waals surface area contributed by atoms with Crippen molar-refractivity contribution in [1.82, 2.24) is 9.21 Å². The van der Waals surface area contributed by atoms with Crippen molar-refractivity contribution >= 4 is 21.4 Å². The predicted molar refractivity (Wildman–Crippen MR) is 82.8 cm³/mol. The second-order valence-corrected chi connectivity index (χ2v) is 9.09. The topological polar surface area (TPSA) is 60.9 Å². The number of nitrogens with zero attached hydrogens (tertiary/aromatic N) is 2. The minimum absolute atomic E-state index is 0.102. The van der Waals surface area contributed by atoms with Crippen molar-refractivity contribution in [3.05, 3.63) is 17.0 Å². The minimum atomic E-state index is -3.38. The van der Waals surface area contributed by atoms with Gasteiger partial charge < -0.3 is 5.11 Å². The molecule has 2 aliphatic rings. The van der Waals surface area contributed by atoms with Crippen molar-refractivity contribution in [3.63, 3.8) is 0 Å². The van der Waals surface area contributed by atoms with E-state index in [0.717, 1.165) is 13.1 Å². The van der Waals surface area contributed by atoms with E-state index < -0.39 is 10.0 Å². The van der Waals surface area contributed by atoms with E-state index in [0.29, 0.717) is 28.2 Å². The lowest BCUT2D eigenvalue weighted by Crippen LogP contribution is -2.51. The Balaban J connectivity index is 1.65. The Morgan fingerprint density at radius 2 is 1.81 bits per heavy atom. The van der Waals surface area contributed by atoms with Crippen molar-refractivity contribution in [2.45, 2.75) is 42.5 Å². The van der Waals surface area contributed by atoms with Crippen molar-refractivity contribution in [3.8, 4) is 0 Å². The fraction of sp³-hybridized carbons (Fsp3) is 0.714. The molecule has 3 rings (SSSR count). The van der Waals surface area contributed by atoms with Gasteiger partial charge in [-0.2, -0.15) is 4.31 Å². The molecule has 1 aliphatic heterocycles. The van der Waals surface area contributed by atoms with Crippen LogP contribution in [0, 0.1) is 0 Å². The SMILES string of the molecule is O=S(=O)(c1ccc(CO)s1)N1CCN(C2CCCC2)CC1. The molecule has 21 heavy (non-hydrogen) atoms. The quantitative estimate of drug-likeness (QED) is 0.909. The number of rotatable bonds is 4. The summed E-state index contributed by atoms with van der Waals surface area (Å²) in [5.74, 6) is 0. The predicted octanol–water partition coefficient (Wildman–Crippen LogP) is 1.49. The standard InChI is InChI=1S/C14H22N2O3S2/c17-11-13-5-6-14(20-13)21(18,19)16-9-7-15(8-10-16)12-3-1-2-4-12/h5-6,12,17H,1-4,7-11H2. The van der Waals surface area contributed by atoms with Crippen LogP contribution < -0.4 is 0 Å². The first-order valence-corrected chi connectivity index (χ1v) is 9.80. The summed E-state index contributed by atoms with van der Waals surface area (Å²) < 4.78 is 27.1. The molecule has 118 valence electrons. The maximum atomic E-state index is 12.6. The molecular weight excluding hydrogens is 308 g/mol. The molecule has 0 amide bonds. The third-order valence-electron chi connectivity index (χ3n) is 4.50.